The van der Waals surface area contributed by atoms with Gasteiger partial charge in [0.1, 0.15) is 0 Å². The SMILES string of the molecule is Cc1cncc(C(O)C2CCCCN2)c1. The molecule has 1 fully saturated rings. The summed E-state index contributed by atoms with van der Waals surface area (Å²) in [6.45, 7) is 3.01. The molecule has 1 aliphatic heterocycles. The number of pyridine rings is 1. The number of aromatic nitrogens is 1. The number of nitrogens with zero attached hydrogens (tertiary/aromatic N) is 1. The van der Waals surface area contributed by atoms with Crippen LogP contribution in [0, 0.1) is 6.92 Å². The highest BCUT2D eigenvalue weighted by molar-refractivity contribution is 5.20. The Morgan fingerprint density at radius 1 is 1.47 bits per heavy atom. The topological polar surface area (TPSA) is 45.2 Å². The zero-order valence-electron chi connectivity index (χ0n) is 9.11. The summed E-state index contributed by atoms with van der Waals surface area (Å²) in [4.78, 5) is 4.11. The van der Waals surface area contributed by atoms with Crippen LogP contribution in [0.25, 0.3) is 0 Å². The first-order valence-corrected chi connectivity index (χ1v) is 5.60. The van der Waals surface area contributed by atoms with Crippen LogP contribution in [-0.4, -0.2) is 22.7 Å². The molecule has 0 radical (unpaired) electrons. The van der Waals surface area contributed by atoms with Gasteiger partial charge in [-0.1, -0.05) is 12.5 Å². The van der Waals surface area contributed by atoms with Crippen LogP contribution in [0.2, 0.25) is 0 Å². The van der Waals surface area contributed by atoms with E-state index < -0.39 is 6.10 Å². The monoisotopic (exact) mass is 206 g/mol. The van der Waals surface area contributed by atoms with Crippen molar-refractivity contribution in [3.63, 3.8) is 0 Å². The first-order chi connectivity index (χ1) is 7.27. The van der Waals surface area contributed by atoms with Crippen molar-refractivity contribution >= 4 is 0 Å². The first kappa shape index (κ1) is 10.6. The molecule has 1 aliphatic rings. The molecular formula is C12H18N2O. The lowest BCUT2D eigenvalue weighted by Crippen LogP contribution is -2.38. The molecule has 2 rings (SSSR count). The Labute approximate surface area is 90.5 Å². The highest BCUT2D eigenvalue weighted by Gasteiger charge is 2.22. The second-order valence-corrected chi connectivity index (χ2v) is 4.30. The zero-order valence-corrected chi connectivity index (χ0v) is 9.11. The predicted molar refractivity (Wildman–Crippen MR) is 59.6 cm³/mol. The van der Waals surface area contributed by atoms with E-state index >= 15 is 0 Å². The molecular weight excluding hydrogens is 188 g/mol. The molecule has 2 N–H and O–H groups in total. The fourth-order valence-corrected chi connectivity index (χ4v) is 2.12. The predicted octanol–water partition coefficient (Wildman–Crippen LogP) is 1.57. The Bertz CT molecular complexity index is 321. The number of aliphatic hydroxyl groups excluding tert-OH is 1. The molecule has 2 unspecified atom stereocenters. The molecule has 1 aromatic rings. The third-order valence-electron chi connectivity index (χ3n) is 2.97. The minimum Gasteiger partial charge on any atom is -0.387 e. The van der Waals surface area contributed by atoms with Crippen molar-refractivity contribution in [1.29, 1.82) is 0 Å². The van der Waals surface area contributed by atoms with Crippen molar-refractivity contribution in [2.75, 3.05) is 6.54 Å². The standard InChI is InChI=1S/C12H18N2O/c1-9-6-10(8-13-7-9)12(15)11-4-2-3-5-14-11/h6-8,11-12,14-15H,2-5H2,1H3. The number of hydrogen-bond donors (Lipinski definition) is 2. The zero-order chi connectivity index (χ0) is 10.7. The summed E-state index contributed by atoms with van der Waals surface area (Å²) in [5.74, 6) is 0. The maximum atomic E-state index is 10.2. The molecule has 1 saturated heterocycles. The maximum absolute atomic E-state index is 10.2. The minimum atomic E-state index is -0.419. The quantitative estimate of drug-likeness (QED) is 0.772. The van der Waals surface area contributed by atoms with E-state index in [1.807, 2.05) is 19.2 Å². The average Bonchev–Trinajstić information content (AvgIpc) is 2.29. The summed E-state index contributed by atoms with van der Waals surface area (Å²) in [5, 5.41) is 13.5. The molecule has 0 aliphatic carbocycles. The fraction of sp³-hybridized carbons (Fsp3) is 0.583. The van der Waals surface area contributed by atoms with Gasteiger partial charge in [-0.25, -0.2) is 0 Å². The lowest BCUT2D eigenvalue weighted by molar-refractivity contribution is 0.113. The van der Waals surface area contributed by atoms with Gasteiger partial charge in [0.05, 0.1) is 6.10 Å². The van der Waals surface area contributed by atoms with Crippen LogP contribution >= 0.6 is 0 Å². The van der Waals surface area contributed by atoms with Crippen molar-refractivity contribution in [3.05, 3.63) is 29.6 Å². The van der Waals surface area contributed by atoms with Gasteiger partial charge in [-0.15, -0.1) is 0 Å². The molecule has 0 saturated carbocycles. The van der Waals surface area contributed by atoms with E-state index in [2.05, 4.69) is 10.3 Å². The minimum absolute atomic E-state index is 0.197. The van der Waals surface area contributed by atoms with Gasteiger partial charge < -0.3 is 10.4 Å². The average molecular weight is 206 g/mol. The van der Waals surface area contributed by atoms with Gasteiger partial charge in [-0.3, -0.25) is 4.98 Å². The van der Waals surface area contributed by atoms with E-state index in [0.717, 1.165) is 24.1 Å². The maximum Gasteiger partial charge on any atom is 0.0957 e. The van der Waals surface area contributed by atoms with Crippen LogP contribution in [-0.2, 0) is 0 Å². The Kier molecular flexibility index (Phi) is 3.34. The molecule has 0 bridgehead atoms. The van der Waals surface area contributed by atoms with Gasteiger partial charge in [-0.05, 0) is 31.9 Å². The summed E-state index contributed by atoms with van der Waals surface area (Å²) >= 11 is 0. The van der Waals surface area contributed by atoms with Gasteiger partial charge in [0, 0.05) is 24.0 Å². The van der Waals surface area contributed by atoms with Crippen LogP contribution in [0.15, 0.2) is 18.5 Å². The van der Waals surface area contributed by atoms with E-state index in [4.69, 9.17) is 0 Å². The number of hydrogen-bond acceptors (Lipinski definition) is 3. The van der Waals surface area contributed by atoms with Crippen LogP contribution in [0.3, 0.4) is 0 Å². The van der Waals surface area contributed by atoms with Crippen molar-refractivity contribution in [2.45, 2.75) is 38.3 Å². The third-order valence-corrected chi connectivity index (χ3v) is 2.97. The smallest absolute Gasteiger partial charge is 0.0957 e. The van der Waals surface area contributed by atoms with E-state index in [0.29, 0.717) is 0 Å². The second kappa shape index (κ2) is 4.73. The highest BCUT2D eigenvalue weighted by Crippen LogP contribution is 2.22. The largest absolute Gasteiger partial charge is 0.387 e. The van der Waals surface area contributed by atoms with E-state index in [1.165, 1.54) is 12.8 Å². The van der Waals surface area contributed by atoms with Crippen molar-refractivity contribution in [1.82, 2.24) is 10.3 Å². The Morgan fingerprint density at radius 2 is 2.33 bits per heavy atom. The van der Waals surface area contributed by atoms with Crippen molar-refractivity contribution < 1.29 is 5.11 Å². The highest BCUT2D eigenvalue weighted by atomic mass is 16.3. The molecule has 0 aromatic carbocycles. The molecule has 82 valence electrons. The van der Waals surface area contributed by atoms with Gasteiger partial charge in [0.25, 0.3) is 0 Å². The van der Waals surface area contributed by atoms with Crippen LogP contribution in [0.4, 0.5) is 0 Å². The van der Waals surface area contributed by atoms with Crippen molar-refractivity contribution in [2.24, 2.45) is 0 Å². The van der Waals surface area contributed by atoms with Crippen LogP contribution in [0.5, 0.6) is 0 Å². The summed E-state index contributed by atoms with van der Waals surface area (Å²) < 4.78 is 0. The summed E-state index contributed by atoms with van der Waals surface area (Å²) in [5.41, 5.74) is 2.02. The molecule has 2 atom stereocenters. The van der Waals surface area contributed by atoms with Crippen molar-refractivity contribution in [3.8, 4) is 0 Å². The van der Waals surface area contributed by atoms with E-state index in [-0.39, 0.29) is 6.04 Å². The lowest BCUT2D eigenvalue weighted by Gasteiger charge is -2.28. The lowest BCUT2D eigenvalue weighted by atomic mass is 9.95. The molecule has 0 spiro atoms. The van der Waals surface area contributed by atoms with Gasteiger partial charge in [0.2, 0.25) is 0 Å². The first-order valence-electron chi connectivity index (χ1n) is 5.60. The molecule has 2 heterocycles. The Hall–Kier alpha value is -0.930. The Morgan fingerprint density at radius 3 is 3.00 bits per heavy atom. The summed E-state index contributed by atoms with van der Waals surface area (Å²) in [6, 6.07) is 2.20. The molecule has 1 aromatic heterocycles. The number of nitrogens with one attached hydrogen (secondary N) is 1. The number of rotatable bonds is 2. The number of aryl methyl sites for hydroxylation is 1. The fourth-order valence-electron chi connectivity index (χ4n) is 2.12. The number of piperidine rings is 1. The Balaban J connectivity index is 2.08. The summed E-state index contributed by atoms with van der Waals surface area (Å²) in [6.07, 6.45) is 6.62. The third kappa shape index (κ3) is 2.55. The molecule has 3 heteroatoms. The van der Waals surface area contributed by atoms with Gasteiger partial charge >= 0.3 is 0 Å². The molecule has 0 amide bonds. The second-order valence-electron chi connectivity index (χ2n) is 4.30. The van der Waals surface area contributed by atoms with Gasteiger partial charge in [0.15, 0.2) is 0 Å². The van der Waals surface area contributed by atoms with E-state index in [9.17, 15) is 5.11 Å². The normalized spacial score (nSPS) is 23.7. The van der Waals surface area contributed by atoms with E-state index in [1.54, 1.807) is 6.20 Å². The molecule has 3 nitrogen and oxygen atoms in total. The van der Waals surface area contributed by atoms with Gasteiger partial charge in [-0.2, -0.15) is 0 Å². The number of aliphatic hydroxyl groups is 1. The molecule has 15 heavy (non-hydrogen) atoms. The van der Waals surface area contributed by atoms with Crippen LogP contribution in [0.1, 0.15) is 36.5 Å². The summed E-state index contributed by atoms with van der Waals surface area (Å²) in [7, 11) is 0. The van der Waals surface area contributed by atoms with Crippen LogP contribution < -0.4 is 5.32 Å².